The minimum atomic E-state index is -0.785. The molecule has 0 spiro atoms. The molecule has 0 aliphatic carbocycles. The molecule has 0 bridgehead atoms. The van der Waals surface area contributed by atoms with Crippen molar-refractivity contribution in [3.63, 3.8) is 0 Å². The van der Waals surface area contributed by atoms with Crippen LogP contribution in [0.25, 0.3) is 10.9 Å². The first-order valence-electron chi connectivity index (χ1n) is 10.3. The number of unbranched alkanes of at least 4 members (excludes halogenated alkanes) is 2. The Labute approximate surface area is 176 Å². The third kappa shape index (κ3) is 5.41. The Morgan fingerprint density at radius 1 is 1.07 bits per heavy atom. The van der Waals surface area contributed by atoms with Crippen molar-refractivity contribution >= 4 is 22.8 Å². The minimum absolute atomic E-state index is 0.331. The summed E-state index contributed by atoms with van der Waals surface area (Å²) in [6.45, 7) is 2.81. The van der Waals surface area contributed by atoms with Crippen LogP contribution in [-0.4, -0.2) is 36.6 Å². The summed E-state index contributed by atoms with van der Waals surface area (Å²) in [5.74, 6) is -0.0850. The Bertz CT molecular complexity index is 978. The molecule has 0 aliphatic heterocycles. The van der Waals surface area contributed by atoms with Gasteiger partial charge in [0.25, 0.3) is 5.91 Å². The predicted octanol–water partition coefficient (Wildman–Crippen LogP) is 4.25. The summed E-state index contributed by atoms with van der Waals surface area (Å²) in [6, 6.07) is 14.0. The van der Waals surface area contributed by atoms with E-state index in [1.54, 1.807) is 24.3 Å². The van der Waals surface area contributed by atoms with Gasteiger partial charge in [0.2, 0.25) is 0 Å². The van der Waals surface area contributed by atoms with E-state index in [0.29, 0.717) is 18.6 Å². The summed E-state index contributed by atoms with van der Waals surface area (Å²) in [6.07, 6.45) is 5.47. The van der Waals surface area contributed by atoms with E-state index >= 15 is 0 Å². The maximum atomic E-state index is 12.7. The van der Waals surface area contributed by atoms with Gasteiger partial charge in [-0.15, -0.1) is 0 Å². The van der Waals surface area contributed by atoms with Gasteiger partial charge in [-0.3, -0.25) is 4.79 Å². The lowest BCUT2D eigenvalue weighted by atomic mass is 10.0. The average molecular weight is 408 g/mol. The van der Waals surface area contributed by atoms with E-state index in [0.717, 1.165) is 41.5 Å². The zero-order valence-corrected chi connectivity index (χ0v) is 17.4. The van der Waals surface area contributed by atoms with Crippen molar-refractivity contribution in [3.05, 3.63) is 65.9 Å². The molecule has 1 heterocycles. The number of H-pyrrole nitrogens is 1. The van der Waals surface area contributed by atoms with E-state index in [1.165, 1.54) is 7.11 Å². The van der Waals surface area contributed by atoms with Crippen LogP contribution in [0.3, 0.4) is 0 Å². The third-order valence-corrected chi connectivity index (χ3v) is 5.02. The molecule has 1 atom stereocenters. The molecule has 6 nitrogen and oxygen atoms in total. The molecule has 0 saturated heterocycles. The van der Waals surface area contributed by atoms with Crippen LogP contribution in [0.5, 0.6) is 5.75 Å². The highest BCUT2D eigenvalue weighted by Crippen LogP contribution is 2.20. The first-order chi connectivity index (χ1) is 14.6. The number of ether oxygens (including phenoxy) is 2. The maximum absolute atomic E-state index is 12.7. The molecule has 2 N–H and O–H groups in total. The number of esters is 1. The normalized spacial score (nSPS) is 11.8. The topological polar surface area (TPSA) is 80.4 Å². The van der Waals surface area contributed by atoms with E-state index in [4.69, 9.17) is 9.47 Å². The fourth-order valence-corrected chi connectivity index (χ4v) is 3.34. The Hall–Kier alpha value is -3.28. The van der Waals surface area contributed by atoms with Gasteiger partial charge < -0.3 is 19.8 Å². The minimum Gasteiger partial charge on any atom is -0.494 e. The van der Waals surface area contributed by atoms with Gasteiger partial charge in [-0.05, 0) is 42.3 Å². The van der Waals surface area contributed by atoms with E-state index in [2.05, 4.69) is 17.2 Å². The van der Waals surface area contributed by atoms with Crippen LogP contribution in [0.1, 0.15) is 42.1 Å². The second-order valence-electron chi connectivity index (χ2n) is 7.19. The highest BCUT2D eigenvalue weighted by Gasteiger charge is 2.24. The van der Waals surface area contributed by atoms with Gasteiger partial charge in [0.15, 0.2) is 0 Å². The second kappa shape index (κ2) is 10.5. The Morgan fingerprint density at radius 3 is 2.57 bits per heavy atom. The fourth-order valence-electron chi connectivity index (χ4n) is 3.34. The molecule has 1 amide bonds. The number of fused-ring (bicyclic) bond motifs is 1. The smallest absolute Gasteiger partial charge is 0.328 e. The number of benzene rings is 2. The van der Waals surface area contributed by atoms with E-state index in [9.17, 15) is 9.59 Å². The molecule has 0 saturated carbocycles. The van der Waals surface area contributed by atoms with Gasteiger partial charge in [-0.1, -0.05) is 38.0 Å². The summed E-state index contributed by atoms with van der Waals surface area (Å²) < 4.78 is 10.6. The quantitative estimate of drug-likeness (QED) is 0.388. The van der Waals surface area contributed by atoms with E-state index in [-0.39, 0.29) is 5.91 Å². The number of rotatable bonds is 10. The molecule has 30 heavy (non-hydrogen) atoms. The number of aromatic amines is 1. The van der Waals surface area contributed by atoms with Crippen LogP contribution >= 0.6 is 0 Å². The summed E-state index contributed by atoms with van der Waals surface area (Å²) in [7, 11) is 1.32. The molecule has 2 aromatic carbocycles. The SMILES string of the molecule is CCCCCOc1ccc(C(=O)N[C@H](Cc2c[nH]c3ccccc23)C(=O)OC)cc1. The molecule has 0 aliphatic rings. The first kappa shape index (κ1) is 21.4. The number of methoxy groups -OCH3 is 1. The molecular weight excluding hydrogens is 380 g/mol. The molecule has 3 aromatic rings. The van der Waals surface area contributed by atoms with Crippen molar-refractivity contribution in [1.82, 2.24) is 10.3 Å². The van der Waals surface area contributed by atoms with Gasteiger partial charge in [-0.2, -0.15) is 0 Å². The summed E-state index contributed by atoms with van der Waals surface area (Å²) in [5, 5.41) is 3.82. The molecule has 0 radical (unpaired) electrons. The molecule has 6 heteroatoms. The van der Waals surface area contributed by atoms with Gasteiger partial charge in [-0.25, -0.2) is 4.79 Å². The number of hydrogen-bond acceptors (Lipinski definition) is 4. The first-order valence-corrected chi connectivity index (χ1v) is 10.3. The van der Waals surface area contributed by atoms with Crippen LogP contribution in [-0.2, 0) is 16.0 Å². The summed E-state index contributed by atoms with van der Waals surface area (Å²) in [5.41, 5.74) is 2.39. The number of aromatic nitrogens is 1. The lowest BCUT2D eigenvalue weighted by Gasteiger charge is -2.16. The Morgan fingerprint density at radius 2 is 1.83 bits per heavy atom. The van der Waals surface area contributed by atoms with Crippen molar-refractivity contribution in [2.75, 3.05) is 13.7 Å². The molecule has 158 valence electrons. The van der Waals surface area contributed by atoms with Crippen molar-refractivity contribution in [1.29, 1.82) is 0 Å². The average Bonchev–Trinajstić information content (AvgIpc) is 3.19. The van der Waals surface area contributed by atoms with Crippen LogP contribution in [0.15, 0.2) is 54.7 Å². The predicted molar refractivity (Wildman–Crippen MR) is 117 cm³/mol. The van der Waals surface area contributed by atoms with E-state index < -0.39 is 12.0 Å². The molecule has 3 rings (SSSR count). The molecule has 0 fully saturated rings. The van der Waals surface area contributed by atoms with Gasteiger partial charge in [0.05, 0.1) is 13.7 Å². The van der Waals surface area contributed by atoms with Crippen molar-refractivity contribution in [2.24, 2.45) is 0 Å². The largest absolute Gasteiger partial charge is 0.494 e. The zero-order chi connectivity index (χ0) is 21.3. The highest BCUT2D eigenvalue weighted by atomic mass is 16.5. The van der Waals surface area contributed by atoms with Crippen LogP contribution in [0.4, 0.5) is 0 Å². The Balaban J connectivity index is 1.66. The van der Waals surface area contributed by atoms with Gasteiger partial charge >= 0.3 is 5.97 Å². The lowest BCUT2D eigenvalue weighted by Crippen LogP contribution is -2.43. The van der Waals surface area contributed by atoms with Crippen LogP contribution in [0.2, 0.25) is 0 Å². The monoisotopic (exact) mass is 408 g/mol. The summed E-state index contributed by atoms with van der Waals surface area (Å²) >= 11 is 0. The number of carbonyl (C=O) groups excluding carboxylic acids is 2. The fraction of sp³-hybridized carbons (Fsp3) is 0.333. The zero-order valence-electron chi connectivity index (χ0n) is 17.4. The number of nitrogens with one attached hydrogen (secondary N) is 2. The van der Waals surface area contributed by atoms with Crippen molar-refractivity contribution < 1.29 is 19.1 Å². The third-order valence-electron chi connectivity index (χ3n) is 5.02. The number of amides is 1. The number of para-hydroxylation sites is 1. The summed E-state index contributed by atoms with van der Waals surface area (Å²) in [4.78, 5) is 28.2. The Kier molecular flexibility index (Phi) is 7.49. The van der Waals surface area contributed by atoms with Crippen LogP contribution in [0, 0.1) is 0 Å². The standard InChI is InChI=1S/C24H28N2O4/c1-3-4-7-14-30-19-12-10-17(11-13-19)23(27)26-22(24(28)29-2)15-18-16-25-21-9-6-5-8-20(18)21/h5-6,8-13,16,22,25H,3-4,7,14-15H2,1-2H3,(H,26,27)/t22-/m1/s1. The molecule has 1 aromatic heterocycles. The maximum Gasteiger partial charge on any atom is 0.328 e. The van der Waals surface area contributed by atoms with Crippen molar-refractivity contribution in [2.45, 2.75) is 38.6 Å². The van der Waals surface area contributed by atoms with Crippen molar-refractivity contribution in [3.8, 4) is 5.75 Å². The second-order valence-corrected chi connectivity index (χ2v) is 7.19. The number of carbonyl (C=O) groups is 2. The lowest BCUT2D eigenvalue weighted by molar-refractivity contribution is -0.142. The highest BCUT2D eigenvalue weighted by molar-refractivity contribution is 5.97. The number of hydrogen-bond donors (Lipinski definition) is 2. The van der Waals surface area contributed by atoms with E-state index in [1.807, 2.05) is 30.5 Å². The van der Waals surface area contributed by atoms with Gasteiger partial charge in [0.1, 0.15) is 11.8 Å². The van der Waals surface area contributed by atoms with Gasteiger partial charge in [0, 0.05) is 29.1 Å². The molecular formula is C24H28N2O4. The molecule has 0 unspecified atom stereocenters. The van der Waals surface area contributed by atoms with Crippen LogP contribution < -0.4 is 10.1 Å².